The van der Waals surface area contributed by atoms with Crippen molar-refractivity contribution in [1.29, 1.82) is 0 Å². The molecule has 5 aromatic rings. The van der Waals surface area contributed by atoms with E-state index in [1.807, 2.05) is 60.5 Å². The van der Waals surface area contributed by atoms with Crippen LogP contribution < -0.4 is 31.3 Å². The second kappa shape index (κ2) is 36.5. The summed E-state index contributed by atoms with van der Waals surface area (Å²) in [6, 6.07) is 28.1. The van der Waals surface area contributed by atoms with Crippen LogP contribution in [-0.2, 0) is 48.0 Å². The third-order valence-corrected chi connectivity index (χ3v) is 15.8. The highest BCUT2D eigenvalue weighted by Gasteiger charge is 2.41. The molecule has 4 aromatic carbocycles. The minimum absolute atomic E-state index is 0.0000649. The van der Waals surface area contributed by atoms with E-state index in [1.165, 1.54) is 11.3 Å². The highest BCUT2D eigenvalue weighted by Crippen LogP contribution is 2.36. The molecule has 1 saturated carbocycles. The van der Waals surface area contributed by atoms with Crippen LogP contribution in [0.3, 0.4) is 0 Å². The van der Waals surface area contributed by atoms with Crippen molar-refractivity contribution in [3.05, 3.63) is 129 Å². The van der Waals surface area contributed by atoms with Crippen LogP contribution in [0.25, 0.3) is 0 Å². The number of unbranched alkanes of at least 4 members (excludes halogenated alkanes) is 1. The van der Waals surface area contributed by atoms with E-state index in [1.54, 1.807) is 65.0 Å². The van der Waals surface area contributed by atoms with Crippen LogP contribution in [-0.4, -0.2) is 179 Å². The van der Waals surface area contributed by atoms with Gasteiger partial charge in [0.05, 0.1) is 82.8 Å². The van der Waals surface area contributed by atoms with E-state index >= 15 is 0 Å². The zero-order valence-electron chi connectivity index (χ0n) is 48.5. The van der Waals surface area contributed by atoms with Gasteiger partial charge in [-0.2, -0.15) is 8.99 Å². The molecule has 7 rings (SSSR count). The Morgan fingerprint density at radius 2 is 1.47 bits per heavy atom. The first-order chi connectivity index (χ1) is 41.4. The molecule has 2 aliphatic rings. The number of anilines is 2. The van der Waals surface area contributed by atoms with Gasteiger partial charge in [-0.15, -0.1) is 11.3 Å². The lowest BCUT2D eigenvalue weighted by Gasteiger charge is -2.32. The number of benzene rings is 4. The molecule has 458 valence electrons. The van der Waals surface area contributed by atoms with E-state index in [2.05, 4.69) is 63.8 Å². The number of aliphatic imine (C=N–C) groups is 1. The fourth-order valence-electron chi connectivity index (χ4n) is 9.01. The van der Waals surface area contributed by atoms with Crippen LogP contribution in [0.4, 0.5) is 19.5 Å². The Morgan fingerprint density at radius 1 is 0.800 bits per heavy atom. The Morgan fingerprint density at radius 3 is 2.18 bits per heavy atom. The van der Waals surface area contributed by atoms with Crippen molar-refractivity contribution in [3.63, 3.8) is 0 Å². The Bertz CT molecular complexity index is 2880. The molecule has 1 aromatic heterocycles. The number of amides is 5. The van der Waals surface area contributed by atoms with Gasteiger partial charge >= 0.3 is 6.03 Å². The number of rotatable bonds is 37. The van der Waals surface area contributed by atoms with E-state index in [0.29, 0.717) is 118 Å². The molecule has 1 aliphatic heterocycles. The lowest BCUT2D eigenvalue weighted by Crippen LogP contribution is -2.47. The normalized spacial score (nSPS) is 14.1. The second-order valence-corrected chi connectivity index (χ2v) is 23.0. The number of thiazole rings is 1. The van der Waals surface area contributed by atoms with Crippen molar-refractivity contribution in [3.8, 4) is 11.5 Å². The summed E-state index contributed by atoms with van der Waals surface area (Å²) in [5, 5.41) is 14.6. The van der Waals surface area contributed by atoms with Gasteiger partial charge in [-0.25, -0.2) is 9.78 Å². The number of hydrogen-bond acceptors (Lipinski definition) is 17. The predicted octanol–water partition coefficient (Wildman–Crippen LogP) is 8.82. The van der Waals surface area contributed by atoms with Crippen LogP contribution in [0.2, 0.25) is 0 Å². The number of nitrogens with one attached hydrogen (secondary N) is 3. The van der Waals surface area contributed by atoms with Crippen LogP contribution >= 0.6 is 39.4 Å². The largest absolute Gasteiger partial charge is 0.494 e. The fourth-order valence-corrected chi connectivity index (χ4v) is 10.2. The molecular weight excluding hydrogens is 1190 g/mol. The van der Waals surface area contributed by atoms with Crippen LogP contribution in [0.5, 0.6) is 11.5 Å². The number of carbonyl (C=O) groups is 4. The molecule has 1 atom stereocenters. The first kappa shape index (κ1) is 66.0. The van der Waals surface area contributed by atoms with Gasteiger partial charge in [0.15, 0.2) is 5.13 Å². The van der Waals surface area contributed by atoms with Crippen LogP contribution in [0, 0.1) is 0 Å². The first-order valence-electron chi connectivity index (χ1n) is 28.8. The quantitative estimate of drug-likeness (QED) is 0.0126. The molecule has 1 saturated heterocycles. The van der Waals surface area contributed by atoms with Gasteiger partial charge in [0.25, 0.3) is 0 Å². The van der Waals surface area contributed by atoms with Gasteiger partial charge in [0.2, 0.25) is 17.7 Å². The molecule has 5 N–H and O–H groups in total. The number of aromatic nitrogens is 1. The van der Waals surface area contributed by atoms with E-state index < -0.39 is 12.1 Å². The predicted molar refractivity (Wildman–Crippen MR) is 336 cm³/mol. The van der Waals surface area contributed by atoms with Gasteiger partial charge in [0.1, 0.15) is 24.1 Å². The Balaban J connectivity index is 0.658. The lowest BCUT2D eigenvalue weighted by molar-refractivity contribution is -0.141. The summed E-state index contributed by atoms with van der Waals surface area (Å²) < 4.78 is 42.8. The van der Waals surface area contributed by atoms with Crippen molar-refractivity contribution in [2.45, 2.75) is 74.9 Å². The molecule has 0 bridgehead atoms. The minimum atomic E-state index is -0.777. The summed E-state index contributed by atoms with van der Waals surface area (Å²) in [5.41, 5.74) is 4.44. The fraction of sp³-hybridized carbons (Fsp3) is 0.459. The maximum atomic E-state index is 14.0. The van der Waals surface area contributed by atoms with Crippen molar-refractivity contribution < 1.29 is 46.7 Å². The van der Waals surface area contributed by atoms with E-state index in [0.717, 1.165) is 78.8 Å². The molecule has 1 aliphatic carbocycles. The summed E-state index contributed by atoms with van der Waals surface area (Å²) in [4.78, 5) is 70.4. The molecule has 2 heterocycles. The van der Waals surface area contributed by atoms with Crippen LogP contribution in [0.1, 0.15) is 67.0 Å². The van der Waals surface area contributed by atoms with Gasteiger partial charge in [-0.1, -0.05) is 52.3 Å². The number of nitrogens with zero attached hydrogens (tertiary/aromatic N) is 7. The maximum absolute atomic E-state index is 14.0. The number of hydrazone groups is 1. The zero-order valence-corrected chi connectivity index (χ0v) is 51.7. The number of hydrogen-bond donors (Lipinski definition) is 4. The standard InChI is InChI=1S/C61H79BrFN11O9S2/c1-71(27-3-4-33-82-53-18-5-45(6-19-53)9-24-56(75)74(52-16-17-52)58(47-10-12-48(62)13-11-47)59(77)66-42-46-7-22-55(85-63)23-8-46)32-36-81-38-37-79-34-25-50(70-64)43-65-26-35-80-39-40-83-54-20-14-49(15-21-54)67-60(78)69-61-68-51(44-84-61)41-57(76)73-30-28-72(2)29-31-73/h5-8,10-15,18-23,43-44,52,58H,3-4,9,16-17,24-42,64H2,1-2H3,(H,66,77)(H2,67,68,69,78)/b65-43?,70-50-. The van der Waals surface area contributed by atoms with Gasteiger partial charge in [-0.3, -0.25) is 24.7 Å². The van der Waals surface area contributed by atoms with E-state index in [9.17, 15) is 23.1 Å². The second-order valence-electron chi connectivity index (χ2n) is 20.6. The monoisotopic (exact) mass is 1270 g/mol. The number of ether oxygens (including phenoxy) is 5. The van der Waals surface area contributed by atoms with Crippen molar-refractivity contribution in [1.82, 2.24) is 29.9 Å². The van der Waals surface area contributed by atoms with Crippen molar-refractivity contribution in [2.75, 3.05) is 123 Å². The van der Waals surface area contributed by atoms with Crippen molar-refractivity contribution in [2.24, 2.45) is 15.9 Å². The molecule has 0 radical (unpaired) electrons. The lowest BCUT2D eigenvalue weighted by atomic mass is 10.0. The highest BCUT2D eigenvalue weighted by molar-refractivity contribution is 9.10. The molecular formula is C61H79BrFN11O9S2. The third kappa shape index (κ3) is 24.1. The highest BCUT2D eigenvalue weighted by atomic mass is 79.9. The number of carbonyl (C=O) groups excluding carboxylic acids is 4. The zero-order chi connectivity index (χ0) is 60.0. The molecule has 85 heavy (non-hydrogen) atoms. The topological polar surface area (TPSA) is 227 Å². The van der Waals surface area contributed by atoms with Gasteiger partial charge < -0.3 is 59.8 Å². The molecule has 0 spiro atoms. The number of likely N-dealkylation sites (N-methyl/N-ethyl adjacent to an activating group) is 2. The minimum Gasteiger partial charge on any atom is -0.494 e. The Kier molecular flexibility index (Phi) is 28.3. The van der Waals surface area contributed by atoms with Crippen LogP contribution in [0.15, 0.2) is 122 Å². The smallest absolute Gasteiger partial charge is 0.325 e. The van der Waals surface area contributed by atoms with Gasteiger partial charge in [-0.05, 0) is 130 Å². The first-order valence-corrected chi connectivity index (χ1v) is 31.2. The summed E-state index contributed by atoms with van der Waals surface area (Å²) in [6.45, 7) is 9.21. The summed E-state index contributed by atoms with van der Waals surface area (Å²) in [7, 11) is 4.12. The molecule has 2 fully saturated rings. The maximum Gasteiger partial charge on any atom is 0.325 e. The summed E-state index contributed by atoms with van der Waals surface area (Å²) in [6.07, 6.45) is 6.74. The van der Waals surface area contributed by atoms with Crippen molar-refractivity contribution >= 4 is 85.9 Å². The van der Waals surface area contributed by atoms with E-state index in [-0.39, 0.29) is 55.3 Å². The van der Waals surface area contributed by atoms with E-state index in [4.69, 9.17) is 29.5 Å². The average molecular weight is 1270 g/mol. The summed E-state index contributed by atoms with van der Waals surface area (Å²) in [5.74, 6) is 6.71. The molecule has 5 amide bonds. The molecule has 24 heteroatoms. The Hall–Kier alpha value is -6.51. The number of nitrogens with two attached hydrogens (primary N) is 1. The number of aryl methyl sites for hydroxylation is 1. The third-order valence-electron chi connectivity index (χ3n) is 14.0. The Labute approximate surface area is 514 Å². The average Bonchev–Trinajstić information content (AvgIpc) is 4.16. The van der Waals surface area contributed by atoms with Gasteiger partial charge in [0, 0.05) is 84.8 Å². The summed E-state index contributed by atoms with van der Waals surface area (Å²) >= 11 is 4.94. The number of piperazine rings is 1. The molecule has 1 unspecified atom stereocenters. The number of urea groups is 1. The SMILES string of the molecule is CN(CCCCOc1ccc(CCC(=O)N(C2CC2)C(C(=O)NCc2ccc(SF)cc2)c2ccc(Br)cc2)cc1)CCOCCOCC/C(C=NCCOCCOc1ccc(NC(=O)Nc2nc(CC(=O)N3CCN(C)CC3)cs2)cc1)=N/N. The molecule has 20 nitrogen and oxygen atoms in total. The number of halogens is 2.